The molecule has 0 spiro atoms. The Labute approximate surface area is 451 Å². The molecule has 8 nitrogen and oxygen atoms in total. The van der Waals surface area contributed by atoms with Crippen LogP contribution in [0.1, 0.15) is 144 Å². The van der Waals surface area contributed by atoms with Gasteiger partial charge in [-0.05, 0) is 104 Å². The van der Waals surface area contributed by atoms with Crippen molar-refractivity contribution in [3.63, 3.8) is 0 Å². The van der Waals surface area contributed by atoms with Gasteiger partial charge in [-0.2, -0.15) is 5.10 Å². The van der Waals surface area contributed by atoms with Crippen molar-refractivity contribution in [2.24, 2.45) is 0 Å². The number of para-hydroxylation sites is 2. The maximum atomic E-state index is 8.56. The van der Waals surface area contributed by atoms with Crippen molar-refractivity contribution in [3.8, 4) is 56.9 Å². The van der Waals surface area contributed by atoms with Gasteiger partial charge in [-0.3, -0.25) is 4.57 Å². The second-order valence-electron chi connectivity index (χ2n) is 19.8. The summed E-state index contributed by atoms with van der Waals surface area (Å²) in [5.74, 6) is 4.99. The van der Waals surface area contributed by atoms with Gasteiger partial charge in [0.05, 0.1) is 23.7 Å². The summed E-state index contributed by atoms with van der Waals surface area (Å²) in [5, 5.41) is 36.0. The zero-order valence-corrected chi connectivity index (χ0v) is 48.8. The zero-order valence-electron chi connectivity index (χ0n) is 44.0. The van der Waals surface area contributed by atoms with Gasteiger partial charge in [0.25, 0.3) is 0 Å². The summed E-state index contributed by atoms with van der Waals surface area (Å²) in [6.07, 6.45) is -0.278. The van der Waals surface area contributed by atoms with E-state index in [2.05, 4.69) is 220 Å². The Bertz CT molecular complexity index is 2710. The number of nitrogens with zero attached hydrogens (tertiary/aromatic N) is 6. The molecule has 71 heavy (non-hydrogen) atoms. The standard InChI is InChI=1S/C28H31N3.C28H30N3.C5H12O2.2Ir/c2*1-18(2)23-15-10-16-24(19(3)4)26(23)31-27(22-13-9-11-20(5)17-22)29-30-28(31)25-14-8-7-12-21(25)6;1-4(6)3-5(2)7;;/h7-19H,1-6H3;7-12,14-19H,1-6H3;4-7H,3H2,1-2H3;;/q;-1;;;. The molecule has 2 N–H and O–H groups in total. The fourth-order valence-electron chi connectivity index (χ4n) is 8.88. The smallest absolute Gasteiger partial charge is 0.169 e. The molecule has 0 saturated carbocycles. The maximum Gasteiger partial charge on any atom is 0.169 e. The monoisotopic (exact) mass is 1310 g/mol. The van der Waals surface area contributed by atoms with E-state index in [9.17, 15) is 0 Å². The predicted octanol–water partition coefficient (Wildman–Crippen LogP) is 14.9. The molecule has 0 aliphatic heterocycles. The van der Waals surface area contributed by atoms with Crippen LogP contribution in [0.3, 0.4) is 0 Å². The molecule has 2 heterocycles. The van der Waals surface area contributed by atoms with Crippen LogP contribution >= 0.6 is 0 Å². The molecule has 2 aromatic heterocycles. The van der Waals surface area contributed by atoms with Crippen LogP contribution in [0.25, 0.3) is 56.9 Å². The van der Waals surface area contributed by atoms with Crippen LogP contribution in [-0.4, -0.2) is 51.9 Å². The fraction of sp³-hybridized carbons (Fsp3) is 0.344. The van der Waals surface area contributed by atoms with Gasteiger partial charge in [0.15, 0.2) is 17.5 Å². The summed E-state index contributed by atoms with van der Waals surface area (Å²) in [7, 11) is 0. The van der Waals surface area contributed by atoms with E-state index in [-0.39, 0.29) is 52.4 Å². The number of aryl methyl sites for hydroxylation is 4. The van der Waals surface area contributed by atoms with Gasteiger partial charge in [0, 0.05) is 62.6 Å². The van der Waals surface area contributed by atoms with E-state index in [1.807, 2.05) is 6.07 Å². The van der Waals surface area contributed by atoms with Crippen molar-refractivity contribution in [1.82, 2.24) is 29.5 Å². The Morgan fingerprint density at radius 2 is 0.817 bits per heavy atom. The molecule has 0 bridgehead atoms. The quantitative estimate of drug-likeness (QED) is 0.118. The molecule has 2 radical (unpaired) electrons. The van der Waals surface area contributed by atoms with Crippen LogP contribution in [0.5, 0.6) is 0 Å². The van der Waals surface area contributed by atoms with Gasteiger partial charge >= 0.3 is 0 Å². The summed E-state index contributed by atoms with van der Waals surface area (Å²) in [6.45, 7) is 29.8. The number of aliphatic hydroxyl groups excluding tert-OH is 2. The molecule has 8 aromatic rings. The van der Waals surface area contributed by atoms with E-state index in [1.165, 1.54) is 55.9 Å². The Morgan fingerprint density at radius 3 is 1.20 bits per heavy atom. The topological polar surface area (TPSA) is 102 Å². The average molecular weight is 1310 g/mol. The number of benzene rings is 6. The molecule has 0 saturated heterocycles. The van der Waals surface area contributed by atoms with Crippen molar-refractivity contribution in [3.05, 3.63) is 178 Å². The van der Waals surface area contributed by atoms with E-state index in [0.717, 1.165) is 45.6 Å². The minimum atomic E-state index is -0.375. The van der Waals surface area contributed by atoms with E-state index < -0.39 is 0 Å². The molecule has 378 valence electrons. The molecule has 0 aliphatic rings. The first-order chi connectivity index (χ1) is 32.9. The molecule has 2 atom stereocenters. The van der Waals surface area contributed by atoms with Gasteiger partial charge in [0.1, 0.15) is 0 Å². The van der Waals surface area contributed by atoms with Crippen molar-refractivity contribution in [1.29, 1.82) is 0 Å². The van der Waals surface area contributed by atoms with Gasteiger partial charge < -0.3 is 14.8 Å². The van der Waals surface area contributed by atoms with Gasteiger partial charge in [0.2, 0.25) is 0 Å². The Kier molecular flexibility index (Phi) is 21.8. The Balaban J connectivity index is 0.000000265. The van der Waals surface area contributed by atoms with Crippen LogP contribution in [-0.2, 0) is 40.2 Å². The predicted molar refractivity (Wildman–Crippen MR) is 287 cm³/mol. The first-order valence-corrected chi connectivity index (χ1v) is 24.6. The third kappa shape index (κ3) is 14.1. The Morgan fingerprint density at radius 1 is 0.437 bits per heavy atom. The zero-order chi connectivity index (χ0) is 50.1. The van der Waals surface area contributed by atoms with Crippen molar-refractivity contribution >= 4 is 0 Å². The van der Waals surface area contributed by atoms with E-state index in [1.54, 1.807) is 13.8 Å². The van der Waals surface area contributed by atoms with E-state index in [0.29, 0.717) is 30.1 Å². The van der Waals surface area contributed by atoms with Crippen LogP contribution in [0.15, 0.2) is 127 Å². The van der Waals surface area contributed by atoms with Gasteiger partial charge in [-0.25, -0.2) is 0 Å². The van der Waals surface area contributed by atoms with Crippen LogP contribution < -0.4 is 0 Å². The largest absolute Gasteiger partial charge is 0.393 e. The second kappa shape index (κ2) is 26.5. The van der Waals surface area contributed by atoms with Crippen molar-refractivity contribution in [2.45, 2.75) is 139 Å². The minimum Gasteiger partial charge on any atom is -0.393 e. The molecule has 0 aliphatic carbocycles. The fourth-order valence-corrected chi connectivity index (χ4v) is 8.88. The second-order valence-corrected chi connectivity index (χ2v) is 19.8. The van der Waals surface area contributed by atoms with Crippen LogP contribution in [0.2, 0.25) is 0 Å². The molecular formula is C61H73Ir2N6O2-. The normalized spacial score (nSPS) is 11.9. The van der Waals surface area contributed by atoms with E-state index >= 15 is 0 Å². The third-order valence-corrected chi connectivity index (χ3v) is 12.4. The summed E-state index contributed by atoms with van der Waals surface area (Å²) in [5.41, 5.74) is 16.7. The SMILES string of the molecule is CC(O)CC(C)O.Cc1cc[c-]c(-c2nnc(-c3ccccc3C)n2-c2c(C(C)C)cccc2C(C)C)c1.Cc1cccc(-c2nnc(-c3ccccc3C)n2-c2c(C(C)C)cccc2C(C)C)c1.[Ir].[Ir]. The minimum absolute atomic E-state index is 0. The molecule has 0 amide bonds. The molecule has 6 aromatic carbocycles. The van der Waals surface area contributed by atoms with Crippen molar-refractivity contribution in [2.75, 3.05) is 0 Å². The number of aliphatic hydroxyl groups is 2. The van der Waals surface area contributed by atoms with Gasteiger partial charge in [-0.15, -0.1) is 50.7 Å². The summed E-state index contributed by atoms with van der Waals surface area (Å²) < 4.78 is 4.56. The van der Waals surface area contributed by atoms with Crippen molar-refractivity contribution < 1.29 is 50.4 Å². The number of hydrogen-bond acceptors (Lipinski definition) is 6. The summed E-state index contributed by atoms with van der Waals surface area (Å²) in [6, 6.07) is 48.2. The molecule has 2 unspecified atom stereocenters. The third-order valence-electron chi connectivity index (χ3n) is 12.4. The molecule has 0 fully saturated rings. The van der Waals surface area contributed by atoms with Crippen LogP contribution in [0.4, 0.5) is 0 Å². The summed E-state index contributed by atoms with van der Waals surface area (Å²) in [4.78, 5) is 0. The average Bonchev–Trinajstić information content (AvgIpc) is 3.94. The molecule has 8 rings (SSSR count). The van der Waals surface area contributed by atoms with E-state index in [4.69, 9.17) is 30.6 Å². The maximum absolute atomic E-state index is 8.56. The van der Waals surface area contributed by atoms with Gasteiger partial charge in [-0.1, -0.05) is 171 Å². The first kappa shape index (κ1) is 58.4. The number of aromatic nitrogens is 6. The van der Waals surface area contributed by atoms with Crippen LogP contribution in [0, 0.1) is 33.8 Å². The molecular weight excluding hydrogens is 1230 g/mol. The molecule has 10 heteroatoms. The first-order valence-electron chi connectivity index (χ1n) is 24.6. The Hall–Kier alpha value is -5.18. The number of hydrogen-bond donors (Lipinski definition) is 2. The number of rotatable bonds is 12. The summed E-state index contributed by atoms with van der Waals surface area (Å²) >= 11 is 0.